The first-order valence-corrected chi connectivity index (χ1v) is 8.51. The molecule has 1 aromatic heterocycles. The molecule has 0 unspecified atom stereocenters. The standard InChI is InChI=1S/C17H23FN6O/c18-15-3-1-14(2-4-15)5-6-20-17-22-16(13-21-23-17)19-7-8-24-9-11-25-12-10-24/h1-4,13H,5-12H2,(H2,19,20,22,23). The van der Waals surface area contributed by atoms with Gasteiger partial charge in [-0.2, -0.15) is 10.1 Å². The number of nitrogens with one attached hydrogen (secondary N) is 2. The van der Waals surface area contributed by atoms with Crippen LogP contribution in [0.3, 0.4) is 0 Å². The number of ether oxygens (including phenoxy) is 1. The fourth-order valence-electron chi connectivity index (χ4n) is 2.60. The van der Waals surface area contributed by atoms with Crippen molar-refractivity contribution in [1.82, 2.24) is 20.1 Å². The Labute approximate surface area is 146 Å². The van der Waals surface area contributed by atoms with E-state index in [2.05, 4.69) is 30.7 Å². The van der Waals surface area contributed by atoms with Crippen LogP contribution in [0.1, 0.15) is 5.56 Å². The Kier molecular flexibility index (Phi) is 6.47. The maximum Gasteiger partial charge on any atom is 0.244 e. The fraction of sp³-hybridized carbons (Fsp3) is 0.471. The quantitative estimate of drug-likeness (QED) is 0.748. The molecule has 0 saturated carbocycles. The van der Waals surface area contributed by atoms with Crippen LogP contribution in [0.25, 0.3) is 0 Å². The molecule has 1 aliphatic rings. The lowest BCUT2D eigenvalue weighted by Crippen LogP contribution is -2.39. The maximum absolute atomic E-state index is 12.9. The summed E-state index contributed by atoms with van der Waals surface area (Å²) < 4.78 is 18.2. The lowest BCUT2D eigenvalue weighted by Gasteiger charge is -2.26. The first-order chi connectivity index (χ1) is 12.3. The average molecular weight is 346 g/mol. The highest BCUT2D eigenvalue weighted by Crippen LogP contribution is 2.06. The Balaban J connectivity index is 1.40. The number of anilines is 2. The number of halogens is 1. The van der Waals surface area contributed by atoms with E-state index in [0.29, 0.717) is 18.3 Å². The Morgan fingerprint density at radius 1 is 1.08 bits per heavy atom. The van der Waals surface area contributed by atoms with E-state index in [1.54, 1.807) is 18.3 Å². The molecule has 1 fully saturated rings. The van der Waals surface area contributed by atoms with Crippen LogP contribution in [0.4, 0.5) is 16.2 Å². The van der Waals surface area contributed by atoms with Gasteiger partial charge in [-0.05, 0) is 24.1 Å². The number of rotatable bonds is 8. The molecule has 1 aliphatic heterocycles. The average Bonchev–Trinajstić information content (AvgIpc) is 2.65. The third kappa shape index (κ3) is 5.91. The number of morpholine rings is 1. The Morgan fingerprint density at radius 2 is 1.88 bits per heavy atom. The van der Waals surface area contributed by atoms with E-state index in [4.69, 9.17) is 4.74 Å². The number of aromatic nitrogens is 3. The summed E-state index contributed by atoms with van der Waals surface area (Å²) in [6, 6.07) is 6.48. The minimum Gasteiger partial charge on any atom is -0.379 e. The smallest absolute Gasteiger partial charge is 0.244 e. The molecule has 7 nitrogen and oxygen atoms in total. The van der Waals surface area contributed by atoms with Gasteiger partial charge in [0.05, 0.1) is 19.4 Å². The molecule has 8 heteroatoms. The molecule has 2 heterocycles. The second kappa shape index (κ2) is 9.24. The highest BCUT2D eigenvalue weighted by molar-refractivity contribution is 5.37. The second-order valence-electron chi connectivity index (χ2n) is 5.85. The summed E-state index contributed by atoms with van der Waals surface area (Å²) in [7, 11) is 0. The summed E-state index contributed by atoms with van der Waals surface area (Å²) in [5, 5.41) is 14.4. The lowest BCUT2D eigenvalue weighted by atomic mass is 10.1. The lowest BCUT2D eigenvalue weighted by molar-refractivity contribution is 0.0398. The number of benzene rings is 1. The molecule has 0 spiro atoms. The Hall–Kier alpha value is -2.32. The zero-order valence-corrected chi connectivity index (χ0v) is 14.1. The van der Waals surface area contributed by atoms with E-state index in [9.17, 15) is 4.39 Å². The minimum absolute atomic E-state index is 0.222. The first kappa shape index (κ1) is 17.5. The SMILES string of the molecule is Fc1ccc(CCNc2nncc(NCCN3CCOCC3)n2)cc1. The molecular weight excluding hydrogens is 323 g/mol. The van der Waals surface area contributed by atoms with Gasteiger partial charge in [-0.15, -0.1) is 5.10 Å². The van der Waals surface area contributed by atoms with Gasteiger partial charge in [0.2, 0.25) is 5.95 Å². The van der Waals surface area contributed by atoms with Gasteiger partial charge in [-0.1, -0.05) is 12.1 Å². The third-order valence-corrected chi connectivity index (χ3v) is 4.01. The summed E-state index contributed by atoms with van der Waals surface area (Å²) in [6.07, 6.45) is 2.38. The topological polar surface area (TPSA) is 75.2 Å². The number of hydrogen-bond donors (Lipinski definition) is 2. The van der Waals surface area contributed by atoms with E-state index >= 15 is 0 Å². The van der Waals surface area contributed by atoms with Crippen LogP contribution in [0, 0.1) is 5.82 Å². The summed E-state index contributed by atoms with van der Waals surface area (Å²) in [5.74, 6) is 0.964. The van der Waals surface area contributed by atoms with Crippen LogP contribution < -0.4 is 10.6 Å². The highest BCUT2D eigenvalue weighted by atomic mass is 19.1. The molecule has 3 rings (SSSR count). The minimum atomic E-state index is -0.222. The third-order valence-electron chi connectivity index (χ3n) is 4.01. The highest BCUT2D eigenvalue weighted by Gasteiger charge is 2.09. The van der Waals surface area contributed by atoms with Crippen LogP contribution in [-0.4, -0.2) is 66.0 Å². The van der Waals surface area contributed by atoms with Crippen molar-refractivity contribution in [2.45, 2.75) is 6.42 Å². The van der Waals surface area contributed by atoms with Crippen molar-refractivity contribution < 1.29 is 9.13 Å². The van der Waals surface area contributed by atoms with Crippen molar-refractivity contribution in [3.8, 4) is 0 Å². The van der Waals surface area contributed by atoms with Crippen molar-refractivity contribution in [1.29, 1.82) is 0 Å². The predicted molar refractivity (Wildman–Crippen MR) is 94.2 cm³/mol. The molecule has 0 aliphatic carbocycles. The predicted octanol–water partition coefficient (Wildman–Crippen LogP) is 1.41. The van der Waals surface area contributed by atoms with E-state index in [1.807, 2.05) is 0 Å². The van der Waals surface area contributed by atoms with Gasteiger partial charge in [0.15, 0.2) is 5.82 Å². The van der Waals surface area contributed by atoms with E-state index < -0.39 is 0 Å². The van der Waals surface area contributed by atoms with Crippen molar-refractivity contribution in [2.24, 2.45) is 0 Å². The molecular formula is C17H23FN6O. The molecule has 1 aromatic carbocycles. The molecule has 0 amide bonds. The van der Waals surface area contributed by atoms with Crippen molar-refractivity contribution in [2.75, 3.05) is 56.6 Å². The summed E-state index contributed by atoms with van der Waals surface area (Å²) in [6.45, 7) is 5.95. The molecule has 2 N–H and O–H groups in total. The molecule has 2 aromatic rings. The van der Waals surface area contributed by atoms with Crippen molar-refractivity contribution in [3.05, 3.63) is 41.8 Å². The van der Waals surface area contributed by atoms with Crippen molar-refractivity contribution >= 4 is 11.8 Å². The van der Waals surface area contributed by atoms with E-state index in [1.165, 1.54) is 12.1 Å². The van der Waals surface area contributed by atoms with Gasteiger partial charge in [0, 0.05) is 32.7 Å². The zero-order chi connectivity index (χ0) is 17.3. The van der Waals surface area contributed by atoms with Gasteiger partial charge in [-0.25, -0.2) is 4.39 Å². The van der Waals surface area contributed by atoms with Gasteiger partial charge < -0.3 is 15.4 Å². The van der Waals surface area contributed by atoms with Crippen LogP contribution in [0.15, 0.2) is 30.5 Å². The van der Waals surface area contributed by atoms with Gasteiger partial charge in [0.25, 0.3) is 0 Å². The van der Waals surface area contributed by atoms with Crippen LogP contribution in [0.2, 0.25) is 0 Å². The molecule has 0 bridgehead atoms. The van der Waals surface area contributed by atoms with E-state index in [-0.39, 0.29) is 5.82 Å². The first-order valence-electron chi connectivity index (χ1n) is 8.51. The maximum atomic E-state index is 12.9. The Bertz CT molecular complexity index is 648. The summed E-state index contributed by atoms with van der Waals surface area (Å²) in [4.78, 5) is 6.76. The number of hydrogen-bond acceptors (Lipinski definition) is 7. The molecule has 134 valence electrons. The van der Waals surface area contributed by atoms with Crippen LogP contribution in [-0.2, 0) is 11.2 Å². The monoisotopic (exact) mass is 346 g/mol. The molecule has 1 saturated heterocycles. The van der Waals surface area contributed by atoms with Crippen LogP contribution in [0.5, 0.6) is 0 Å². The molecule has 0 atom stereocenters. The fourth-order valence-corrected chi connectivity index (χ4v) is 2.60. The van der Waals surface area contributed by atoms with Crippen LogP contribution >= 0.6 is 0 Å². The van der Waals surface area contributed by atoms with Crippen molar-refractivity contribution in [3.63, 3.8) is 0 Å². The van der Waals surface area contributed by atoms with Gasteiger partial charge in [-0.3, -0.25) is 4.90 Å². The van der Waals surface area contributed by atoms with E-state index in [0.717, 1.165) is 51.4 Å². The largest absolute Gasteiger partial charge is 0.379 e. The normalized spacial score (nSPS) is 15.1. The summed E-state index contributed by atoms with van der Waals surface area (Å²) in [5.41, 5.74) is 1.06. The Morgan fingerprint density at radius 3 is 2.68 bits per heavy atom. The van der Waals surface area contributed by atoms with Gasteiger partial charge in [0.1, 0.15) is 5.82 Å². The van der Waals surface area contributed by atoms with Gasteiger partial charge >= 0.3 is 0 Å². The number of nitrogens with zero attached hydrogens (tertiary/aromatic N) is 4. The second-order valence-corrected chi connectivity index (χ2v) is 5.85. The molecule has 25 heavy (non-hydrogen) atoms. The zero-order valence-electron chi connectivity index (χ0n) is 14.1. The molecule has 0 radical (unpaired) electrons. The summed E-state index contributed by atoms with van der Waals surface area (Å²) >= 11 is 0.